The number of hydrogen-bond acceptors (Lipinski definition) is 5. The molecule has 0 spiro atoms. The van der Waals surface area contributed by atoms with Crippen molar-refractivity contribution in [1.82, 2.24) is 19.7 Å². The van der Waals surface area contributed by atoms with Crippen LogP contribution < -0.4 is 28.6 Å². The molecule has 0 atom stereocenters. The molecule has 0 unspecified atom stereocenters. The van der Waals surface area contributed by atoms with E-state index in [0.717, 1.165) is 11.1 Å². The van der Waals surface area contributed by atoms with Crippen LogP contribution in [0.25, 0.3) is 16.7 Å². The summed E-state index contributed by atoms with van der Waals surface area (Å²) in [5, 5.41) is 6.75. The average Bonchev–Trinajstić information content (AvgIpc) is 2.85. The minimum atomic E-state index is -0.194. The van der Waals surface area contributed by atoms with Crippen molar-refractivity contribution in [2.45, 2.75) is 13.5 Å². The number of benzene rings is 3. The molecule has 2 N–H and O–H groups in total. The van der Waals surface area contributed by atoms with E-state index in [1.807, 2.05) is 67.6 Å². The lowest BCUT2D eigenvalue weighted by Crippen LogP contribution is -3.00. The maximum Gasteiger partial charge on any atom is 0.266 e. The Morgan fingerprint density at radius 2 is 1.62 bits per heavy atom. The molecule has 0 radical (unpaired) electrons. The van der Waals surface area contributed by atoms with Gasteiger partial charge >= 0.3 is 0 Å². The Labute approximate surface area is 201 Å². The maximum atomic E-state index is 12.9. The van der Waals surface area contributed by atoms with Gasteiger partial charge in [0.05, 0.1) is 22.2 Å². The van der Waals surface area contributed by atoms with Crippen LogP contribution in [0, 0.1) is 6.92 Å². The number of carbonyl (C=O) groups excluding carboxylic acids is 1. The first-order chi connectivity index (χ1) is 16.1. The van der Waals surface area contributed by atoms with Gasteiger partial charge in [-0.25, -0.2) is 4.98 Å². The van der Waals surface area contributed by atoms with Crippen LogP contribution in [0.1, 0.15) is 21.5 Å². The molecule has 5 rings (SSSR count). The number of aromatic nitrogens is 3. The van der Waals surface area contributed by atoms with Crippen molar-refractivity contribution in [2.75, 3.05) is 5.32 Å². The molecule has 34 heavy (non-hydrogen) atoms. The molecule has 3 aromatic carbocycles. The second kappa shape index (κ2) is 9.72. The second-order valence-electron chi connectivity index (χ2n) is 7.72. The van der Waals surface area contributed by atoms with Crippen molar-refractivity contribution in [3.63, 3.8) is 0 Å². The maximum absolute atomic E-state index is 12.9. The van der Waals surface area contributed by atoms with E-state index in [9.17, 15) is 9.59 Å². The van der Waals surface area contributed by atoms with Crippen molar-refractivity contribution >= 4 is 34.1 Å². The molecule has 0 aliphatic heterocycles. The van der Waals surface area contributed by atoms with E-state index in [1.54, 1.807) is 24.4 Å². The van der Waals surface area contributed by atoms with Crippen LogP contribution >= 0.6 is 0 Å². The predicted molar refractivity (Wildman–Crippen MR) is 129 cm³/mol. The fourth-order valence-electron chi connectivity index (χ4n) is 3.69. The molecule has 170 valence electrons. The number of para-hydroxylation sites is 2. The Bertz CT molecular complexity index is 1550. The van der Waals surface area contributed by atoms with Crippen LogP contribution in [-0.4, -0.2) is 20.3 Å². The Kier molecular flexibility index (Phi) is 6.56. The zero-order chi connectivity index (χ0) is 22.8. The average molecular weight is 471 g/mol. The fourth-order valence-corrected chi connectivity index (χ4v) is 3.69. The Balaban J connectivity index is 0.00000274. The van der Waals surface area contributed by atoms with E-state index >= 15 is 0 Å². The number of aryl methyl sites for hydroxylation is 1. The summed E-state index contributed by atoms with van der Waals surface area (Å²) in [6, 6.07) is 24.2. The van der Waals surface area contributed by atoms with Gasteiger partial charge in [0.25, 0.3) is 11.5 Å². The number of nitrogens with zero attached hydrogens (tertiary/aromatic N) is 3. The molecule has 2 aromatic heterocycles. The molecule has 0 aliphatic rings. The lowest BCUT2D eigenvalue weighted by Gasteiger charge is -2.14. The van der Waals surface area contributed by atoms with Gasteiger partial charge in [0.1, 0.15) is 5.82 Å². The van der Waals surface area contributed by atoms with Crippen LogP contribution in [0.15, 0.2) is 89.9 Å². The zero-order valence-electron chi connectivity index (χ0n) is 18.3. The highest BCUT2D eigenvalue weighted by Crippen LogP contribution is 2.23. The van der Waals surface area contributed by atoms with Gasteiger partial charge in [-0.1, -0.05) is 54.6 Å². The molecule has 0 saturated heterocycles. The summed E-state index contributed by atoms with van der Waals surface area (Å²) in [7, 11) is 0. The van der Waals surface area contributed by atoms with Gasteiger partial charge in [-0.15, -0.1) is 0 Å². The number of amides is 1. The lowest BCUT2D eigenvalue weighted by molar-refractivity contribution is -0.0000151. The normalized spacial score (nSPS) is 10.6. The third-order valence-electron chi connectivity index (χ3n) is 5.42. The van der Waals surface area contributed by atoms with Gasteiger partial charge in [-0.2, -0.15) is 4.98 Å². The van der Waals surface area contributed by atoms with E-state index in [2.05, 4.69) is 20.6 Å². The Morgan fingerprint density at radius 1 is 0.912 bits per heavy atom. The van der Waals surface area contributed by atoms with Gasteiger partial charge < -0.3 is 23.0 Å². The number of carbonyl (C=O) groups is 1. The van der Waals surface area contributed by atoms with Crippen molar-refractivity contribution in [3.8, 4) is 0 Å². The standard InChI is InChI=1S/C26H21N5O2.ClH/c1-17-16-31-25(33)20-12-6-8-14-22(20)29-26(31)30-23(17)28-21-13-7-5-11-19(21)24(32)27-15-18-9-3-2-4-10-18;/h2-14,16H,15H2,1H3,(H,27,32)(H,28,29,30);1H/p-1. The predicted octanol–water partition coefficient (Wildman–Crippen LogP) is 1.23. The van der Waals surface area contributed by atoms with Crippen molar-refractivity contribution in [3.05, 3.63) is 112 Å². The number of fused-ring (bicyclic) bond motifs is 2. The Hall–Kier alpha value is -4.23. The van der Waals surface area contributed by atoms with Gasteiger partial charge in [0.2, 0.25) is 5.78 Å². The molecule has 0 fully saturated rings. The van der Waals surface area contributed by atoms with Crippen LogP contribution in [-0.2, 0) is 6.54 Å². The van der Waals surface area contributed by atoms with Gasteiger partial charge in [0.15, 0.2) is 0 Å². The fraction of sp³-hybridized carbons (Fsp3) is 0.0769. The third kappa shape index (κ3) is 4.46. The SMILES string of the molecule is Cc1cn2c(=O)c3ccccc3nc2nc1Nc1ccccc1C(=O)NCc1ccccc1.[Cl-]. The highest BCUT2D eigenvalue weighted by molar-refractivity contribution is 6.00. The summed E-state index contributed by atoms with van der Waals surface area (Å²) >= 11 is 0. The van der Waals surface area contributed by atoms with Crippen molar-refractivity contribution < 1.29 is 17.2 Å². The van der Waals surface area contributed by atoms with Gasteiger partial charge in [0, 0.05) is 18.3 Å². The van der Waals surface area contributed by atoms with E-state index in [-0.39, 0.29) is 29.7 Å². The molecule has 7 nitrogen and oxygen atoms in total. The van der Waals surface area contributed by atoms with Crippen LogP contribution in [0.3, 0.4) is 0 Å². The number of anilines is 2. The highest BCUT2D eigenvalue weighted by atomic mass is 35.5. The third-order valence-corrected chi connectivity index (χ3v) is 5.42. The molecule has 0 saturated carbocycles. The van der Waals surface area contributed by atoms with Gasteiger partial charge in [-0.05, 0) is 36.8 Å². The molecule has 8 heteroatoms. The number of nitrogens with one attached hydrogen (secondary N) is 2. The minimum absolute atomic E-state index is 0. The summed E-state index contributed by atoms with van der Waals surface area (Å²) in [6.07, 6.45) is 1.71. The smallest absolute Gasteiger partial charge is 0.266 e. The first kappa shape index (κ1) is 22.9. The number of rotatable bonds is 5. The first-order valence-corrected chi connectivity index (χ1v) is 10.6. The minimum Gasteiger partial charge on any atom is -1.00 e. The monoisotopic (exact) mass is 470 g/mol. The Morgan fingerprint density at radius 3 is 2.44 bits per heavy atom. The zero-order valence-corrected chi connectivity index (χ0v) is 19.1. The molecular weight excluding hydrogens is 450 g/mol. The van der Waals surface area contributed by atoms with Crippen LogP contribution in [0.2, 0.25) is 0 Å². The van der Waals surface area contributed by atoms with Gasteiger partial charge in [-0.3, -0.25) is 14.0 Å². The molecule has 1 amide bonds. The lowest BCUT2D eigenvalue weighted by atomic mass is 10.1. The second-order valence-corrected chi connectivity index (χ2v) is 7.72. The van der Waals surface area contributed by atoms with Crippen molar-refractivity contribution in [1.29, 1.82) is 0 Å². The quantitative estimate of drug-likeness (QED) is 0.377. The van der Waals surface area contributed by atoms with E-state index in [1.165, 1.54) is 4.40 Å². The number of hydrogen-bond donors (Lipinski definition) is 2. The summed E-state index contributed by atoms with van der Waals surface area (Å²) in [6.45, 7) is 2.29. The van der Waals surface area contributed by atoms with E-state index in [4.69, 9.17) is 0 Å². The topological polar surface area (TPSA) is 88.4 Å². The molecule has 0 aliphatic carbocycles. The largest absolute Gasteiger partial charge is 1.00 e. The molecule has 0 bridgehead atoms. The summed E-state index contributed by atoms with van der Waals surface area (Å²) in [4.78, 5) is 34.9. The van der Waals surface area contributed by atoms with Crippen LogP contribution in [0.5, 0.6) is 0 Å². The summed E-state index contributed by atoms with van der Waals surface area (Å²) in [5.41, 5.74) is 3.31. The summed E-state index contributed by atoms with van der Waals surface area (Å²) < 4.78 is 1.45. The molecule has 5 aromatic rings. The highest BCUT2D eigenvalue weighted by Gasteiger charge is 2.14. The molecular formula is C26H21ClN5O2-. The van der Waals surface area contributed by atoms with E-state index < -0.39 is 0 Å². The summed E-state index contributed by atoms with van der Waals surface area (Å²) in [5.74, 6) is 0.624. The number of halogens is 1. The van der Waals surface area contributed by atoms with E-state index in [0.29, 0.717) is 34.5 Å². The first-order valence-electron chi connectivity index (χ1n) is 10.6. The van der Waals surface area contributed by atoms with Crippen LogP contribution in [0.4, 0.5) is 11.5 Å². The molecule has 2 heterocycles. The van der Waals surface area contributed by atoms with Crippen molar-refractivity contribution in [2.24, 2.45) is 0 Å².